The largest absolute Gasteiger partial charge is 0.361 e. The third-order valence-electron chi connectivity index (χ3n) is 5.76. The van der Waals surface area contributed by atoms with Crippen molar-refractivity contribution in [1.82, 2.24) is 25.0 Å². The maximum atomic E-state index is 13.0. The molecule has 0 spiro atoms. The summed E-state index contributed by atoms with van der Waals surface area (Å²) in [6.07, 6.45) is 1.81. The first-order valence-corrected chi connectivity index (χ1v) is 12.2. The van der Waals surface area contributed by atoms with Crippen molar-refractivity contribution in [3.8, 4) is 0 Å². The molecule has 10 nitrogen and oxygen atoms in total. The van der Waals surface area contributed by atoms with Gasteiger partial charge in [-0.05, 0) is 29.8 Å². The predicted octanol–water partition coefficient (Wildman–Crippen LogP) is 1.02. The number of nitrogens with zero attached hydrogens (tertiary/aromatic N) is 2. The van der Waals surface area contributed by atoms with Gasteiger partial charge in [0.25, 0.3) is 5.91 Å². The van der Waals surface area contributed by atoms with Crippen LogP contribution in [0.15, 0.2) is 59.6 Å². The van der Waals surface area contributed by atoms with Crippen molar-refractivity contribution in [1.29, 1.82) is 0 Å². The third kappa shape index (κ3) is 4.95. The van der Waals surface area contributed by atoms with Gasteiger partial charge in [-0.2, -0.15) is 4.31 Å². The molecule has 11 heteroatoms. The van der Waals surface area contributed by atoms with Crippen LogP contribution in [0.4, 0.5) is 0 Å². The Kier molecular flexibility index (Phi) is 6.66. The SMILES string of the molecule is CC(=O)N1CCN(S(=O)(=O)c2cccc(C(=O)NNC(=O)Cc3c[nH]c4ccccc34)c2)CC1. The van der Waals surface area contributed by atoms with Gasteiger partial charge in [0.1, 0.15) is 0 Å². The first-order valence-electron chi connectivity index (χ1n) is 10.8. The Labute approximate surface area is 196 Å². The second kappa shape index (κ2) is 9.65. The van der Waals surface area contributed by atoms with Crippen LogP contribution in [0, 0.1) is 0 Å². The van der Waals surface area contributed by atoms with E-state index in [4.69, 9.17) is 0 Å². The zero-order valence-electron chi connectivity index (χ0n) is 18.6. The Morgan fingerprint density at radius 2 is 1.71 bits per heavy atom. The van der Waals surface area contributed by atoms with Gasteiger partial charge in [0.2, 0.25) is 21.8 Å². The molecule has 0 saturated carbocycles. The molecule has 1 aliphatic heterocycles. The van der Waals surface area contributed by atoms with Crippen LogP contribution in [0.3, 0.4) is 0 Å². The fourth-order valence-electron chi connectivity index (χ4n) is 3.88. The molecular formula is C23H25N5O5S. The molecule has 3 amide bonds. The Morgan fingerprint density at radius 3 is 2.44 bits per heavy atom. The number of amides is 3. The number of hydrogen-bond donors (Lipinski definition) is 3. The topological polar surface area (TPSA) is 132 Å². The van der Waals surface area contributed by atoms with Gasteiger partial charge >= 0.3 is 0 Å². The van der Waals surface area contributed by atoms with Crippen LogP contribution in [0.5, 0.6) is 0 Å². The summed E-state index contributed by atoms with van der Waals surface area (Å²) < 4.78 is 27.3. The number of carbonyl (C=O) groups is 3. The summed E-state index contributed by atoms with van der Waals surface area (Å²) >= 11 is 0. The van der Waals surface area contributed by atoms with Crippen molar-refractivity contribution >= 4 is 38.6 Å². The zero-order valence-corrected chi connectivity index (χ0v) is 19.4. The van der Waals surface area contributed by atoms with Crippen molar-refractivity contribution < 1.29 is 22.8 Å². The predicted molar refractivity (Wildman–Crippen MR) is 125 cm³/mol. The van der Waals surface area contributed by atoms with Crippen LogP contribution in [0.2, 0.25) is 0 Å². The molecule has 2 aromatic carbocycles. The smallest absolute Gasteiger partial charge is 0.269 e. The normalized spacial score (nSPS) is 14.7. The van der Waals surface area contributed by atoms with Gasteiger partial charge in [-0.3, -0.25) is 25.2 Å². The lowest BCUT2D eigenvalue weighted by molar-refractivity contribution is -0.130. The lowest BCUT2D eigenvalue weighted by Gasteiger charge is -2.33. The van der Waals surface area contributed by atoms with E-state index in [1.807, 2.05) is 24.3 Å². The minimum absolute atomic E-state index is 0.0263. The maximum Gasteiger partial charge on any atom is 0.269 e. The molecular weight excluding hydrogens is 458 g/mol. The lowest BCUT2D eigenvalue weighted by Crippen LogP contribution is -2.49. The molecule has 0 radical (unpaired) electrons. The second-order valence-corrected chi connectivity index (χ2v) is 9.91. The van der Waals surface area contributed by atoms with Crippen LogP contribution in [-0.2, 0) is 26.0 Å². The quantitative estimate of drug-likeness (QED) is 0.467. The second-order valence-electron chi connectivity index (χ2n) is 7.98. The van der Waals surface area contributed by atoms with Crippen molar-refractivity contribution in [2.24, 2.45) is 0 Å². The number of nitrogens with one attached hydrogen (secondary N) is 3. The maximum absolute atomic E-state index is 13.0. The highest BCUT2D eigenvalue weighted by atomic mass is 32.2. The molecule has 4 rings (SSSR count). The summed E-state index contributed by atoms with van der Waals surface area (Å²) in [4.78, 5) is 41.0. The van der Waals surface area contributed by atoms with E-state index in [9.17, 15) is 22.8 Å². The number of piperazine rings is 1. The van der Waals surface area contributed by atoms with Crippen LogP contribution >= 0.6 is 0 Å². The van der Waals surface area contributed by atoms with Crippen molar-refractivity contribution in [2.45, 2.75) is 18.2 Å². The number of aromatic amines is 1. The average molecular weight is 484 g/mol. The highest BCUT2D eigenvalue weighted by Gasteiger charge is 2.29. The van der Waals surface area contributed by atoms with Gasteiger partial charge in [-0.1, -0.05) is 24.3 Å². The summed E-state index contributed by atoms with van der Waals surface area (Å²) in [5.74, 6) is -1.14. The number of carbonyl (C=O) groups excluding carboxylic acids is 3. The van der Waals surface area contributed by atoms with E-state index in [2.05, 4.69) is 15.8 Å². The first-order chi connectivity index (χ1) is 16.3. The van der Waals surface area contributed by atoms with E-state index in [0.717, 1.165) is 16.5 Å². The minimum atomic E-state index is -3.83. The summed E-state index contributed by atoms with van der Waals surface area (Å²) in [5, 5.41) is 0.922. The minimum Gasteiger partial charge on any atom is -0.361 e. The van der Waals surface area contributed by atoms with Gasteiger partial charge < -0.3 is 9.88 Å². The fraction of sp³-hybridized carbons (Fsp3) is 0.261. The lowest BCUT2D eigenvalue weighted by atomic mass is 10.1. The van der Waals surface area contributed by atoms with Crippen molar-refractivity contribution in [3.63, 3.8) is 0 Å². The van der Waals surface area contributed by atoms with E-state index >= 15 is 0 Å². The van der Waals surface area contributed by atoms with Crippen LogP contribution < -0.4 is 10.9 Å². The molecule has 3 N–H and O–H groups in total. The van der Waals surface area contributed by atoms with Crippen molar-refractivity contribution in [3.05, 3.63) is 65.9 Å². The highest BCUT2D eigenvalue weighted by molar-refractivity contribution is 7.89. The number of fused-ring (bicyclic) bond motifs is 1. The van der Waals surface area contributed by atoms with Gasteiger partial charge in [-0.25, -0.2) is 8.42 Å². The number of sulfonamides is 1. The van der Waals surface area contributed by atoms with Gasteiger partial charge in [-0.15, -0.1) is 0 Å². The Morgan fingerprint density at radius 1 is 0.971 bits per heavy atom. The molecule has 0 bridgehead atoms. The standard InChI is InChI=1S/C23H25N5O5S/c1-16(29)27-9-11-28(12-10-27)34(32,33)19-6-4-5-17(13-19)23(31)26-25-22(30)14-18-15-24-21-8-3-2-7-20(18)21/h2-8,13,15,24H,9-12,14H2,1H3,(H,25,30)(H,26,31). The third-order valence-corrected chi connectivity index (χ3v) is 7.65. The molecule has 1 aromatic heterocycles. The Bertz CT molecular complexity index is 1340. The molecule has 0 unspecified atom stereocenters. The average Bonchev–Trinajstić information content (AvgIpc) is 3.25. The number of H-pyrrole nitrogens is 1. The number of hydrazine groups is 1. The Balaban J connectivity index is 1.38. The first kappa shape index (κ1) is 23.5. The molecule has 178 valence electrons. The summed E-state index contributed by atoms with van der Waals surface area (Å²) in [7, 11) is -3.83. The molecule has 3 aromatic rings. The number of aromatic nitrogens is 1. The molecule has 2 heterocycles. The molecule has 1 fully saturated rings. The van der Waals surface area contributed by atoms with Gasteiger partial charge in [0.15, 0.2) is 0 Å². The molecule has 0 aliphatic carbocycles. The number of benzene rings is 2. The molecule has 34 heavy (non-hydrogen) atoms. The molecule has 0 atom stereocenters. The number of rotatable bonds is 5. The molecule has 1 saturated heterocycles. The van der Waals surface area contributed by atoms with E-state index in [0.29, 0.717) is 13.1 Å². The zero-order chi connectivity index (χ0) is 24.3. The van der Waals surface area contributed by atoms with E-state index in [1.54, 1.807) is 11.1 Å². The fourth-order valence-corrected chi connectivity index (χ4v) is 5.35. The molecule has 1 aliphatic rings. The number of para-hydroxylation sites is 1. The van der Waals surface area contributed by atoms with E-state index in [-0.39, 0.29) is 35.9 Å². The summed E-state index contributed by atoms with van der Waals surface area (Å²) in [5.41, 5.74) is 6.50. The van der Waals surface area contributed by atoms with Crippen LogP contribution in [0.25, 0.3) is 10.9 Å². The monoisotopic (exact) mass is 483 g/mol. The Hall–Kier alpha value is -3.70. The summed E-state index contributed by atoms with van der Waals surface area (Å²) in [6, 6.07) is 13.2. The van der Waals surface area contributed by atoms with E-state index < -0.39 is 21.8 Å². The van der Waals surface area contributed by atoms with Gasteiger partial charge in [0.05, 0.1) is 11.3 Å². The van der Waals surface area contributed by atoms with Crippen molar-refractivity contribution in [2.75, 3.05) is 26.2 Å². The van der Waals surface area contributed by atoms with Gasteiger partial charge in [0, 0.05) is 55.8 Å². The van der Waals surface area contributed by atoms with Crippen LogP contribution in [-0.4, -0.2) is 66.5 Å². The highest BCUT2D eigenvalue weighted by Crippen LogP contribution is 2.20. The van der Waals surface area contributed by atoms with E-state index in [1.165, 1.54) is 35.5 Å². The number of hydrogen-bond acceptors (Lipinski definition) is 5. The van der Waals surface area contributed by atoms with Crippen LogP contribution in [0.1, 0.15) is 22.8 Å². The summed E-state index contributed by atoms with van der Waals surface area (Å²) in [6.45, 7) is 2.45.